The maximum atomic E-state index is 12.7. The molecule has 2 rings (SSSR count). The molecule has 24 heavy (non-hydrogen) atoms. The van der Waals surface area contributed by atoms with E-state index in [1.54, 1.807) is 18.7 Å². The zero-order chi connectivity index (χ0) is 17.5. The second-order valence-electron chi connectivity index (χ2n) is 6.64. The Kier molecular flexibility index (Phi) is 7.40. The summed E-state index contributed by atoms with van der Waals surface area (Å²) in [4.78, 5) is 38.1. The Balaban J connectivity index is 1.81. The van der Waals surface area contributed by atoms with Crippen LogP contribution in [-0.2, 0) is 14.4 Å². The molecule has 1 saturated heterocycles. The number of hydrogen-bond donors (Lipinski definition) is 2. The van der Waals surface area contributed by atoms with Gasteiger partial charge in [-0.1, -0.05) is 6.92 Å². The Morgan fingerprint density at radius 2 is 1.83 bits per heavy atom. The van der Waals surface area contributed by atoms with E-state index in [-0.39, 0.29) is 29.7 Å². The van der Waals surface area contributed by atoms with Crippen LogP contribution in [0.3, 0.4) is 0 Å². The molecular weight excluding hydrogens is 326 g/mol. The molecule has 0 unspecified atom stereocenters. The zero-order valence-corrected chi connectivity index (χ0v) is 15.5. The maximum Gasteiger partial charge on any atom is 0.245 e. The quantitative estimate of drug-likeness (QED) is 0.685. The van der Waals surface area contributed by atoms with Crippen LogP contribution in [0.2, 0.25) is 0 Å². The van der Waals surface area contributed by atoms with Crippen molar-refractivity contribution in [2.24, 2.45) is 5.92 Å². The van der Waals surface area contributed by atoms with Gasteiger partial charge in [0.1, 0.15) is 6.04 Å². The van der Waals surface area contributed by atoms with Crippen molar-refractivity contribution in [3.8, 4) is 0 Å². The summed E-state index contributed by atoms with van der Waals surface area (Å²) >= 11 is 1.67. The van der Waals surface area contributed by atoms with Crippen molar-refractivity contribution >= 4 is 29.5 Å². The van der Waals surface area contributed by atoms with E-state index in [1.807, 2.05) is 11.2 Å². The molecule has 2 N–H and O–H groups in total. The van der Waals surface area contributed by atoms with E-state index in [9.17, 15) is 14.4 Å². The highest BCUT2D eigenvalue weighted by atomic mass is 32.2. The summed E-state index contributed by atoms with van der Waals surface area (Å²) in [6.45, 7) is 3.08. The van der Waals surface area contributed by atoms with Gasteiger partial charge in [0.15, 0.2) is 0 Å². The van der Waals surface area contributed by atoms with Gasteiger partial charge in [0.05, 0.1) is 0 Å². The Morgan fingerprint density at radius 1 is 1.17 bits per heavy atom. The molecule has 1 aliphatic carbocycles. The summed E-state index contributed by atoms with van der Waals surface area (Å²) in [5, 5.41) is 5.95. The molecule has 0 bridgehead atoms. The van der Waals surface area contributed by atoms with Crippen LogP contribution in [0, 0.1) is 5.92 Å². The fourth-order valence-electron chi connectivity index (χ4n) is 2.92. The van der Waals surface area contributed by atoms with Crippen LogP contribution in [0.25, 0.3) is 0 Å². The lowest BCUT2D eigenvalue weighted by molar-refractivity contribution is -0.137. The summed E-state index contributed by atoms with van der Waals surface area (Å²) in [7, 11) is 0. The summed E-state index contributed by atoms with van der Waals surface area (Å²) in [5.41, 5.74) is 0. The normalized spacial score (nSPS) is 19.7. The second kappa shape index (κ2) is 9.30. The Morgan fingerprint density at radius 3 is 2.38 bits per heavy atom. The third-order valence-corrected chi connectivity index (χ3v) is 5.31. The maximum absolute atomic E-state index is 12.7. The first-order valence-corrected chi connectivity index (χ1v) is 10.3. The average molecular weight is 356 g/mol. The lowest BCUT2D eigenvalue weighted by Gasteiger charge is -2.34. The predicted molar refractivity (Wildman–Crippen MR) is 95.7 cm³/mol. The number of nitrogens with zero attached hydrogens (tertiary/aromatic N) is 1. The Bertz CT molecular complexity index is 460. The van der Waals surface area contributed by atoms with Crippen molar-refractivity contribution in [3.05, 3.63) is 0 Å². The van der Waals surface area contributed by atoms with Crippen LogP contribution in [0.15, 0.2) is 0 Å². The van der Waals surface area contributed by atoms with Gasteiger partial charge in [-0.2, -0.15) is 11.8 Å². The van der Waals surface area contributed by atoms with E-state index >= 15 is 0 Å². The molecule has 7 heteroatoms. The zero-order valence-electron chi connectivity index (χ0n) is 14.7. The molecule has 0 aromatic carbocycles. The molecule has 136 valence electrons. The fourth-order valence-corrected chi connectivity index (χ4v) is 3.39. The number of thioether (sulfide) groups is 1. The Labute approximate surface area is 148 Å². The predicted octanol–water partition coefficient (Wildman–Crippen LogP) is 1.15. The van der Waals surface area contributed by atoms with Gasteiger partial charge in [0, 0.05) is 31.5 Å². The monoisotopic (exact) mass is 355 g/mol. The number of likely N-dealkylation sites (tertiary alicyclic amines) is 1. The van der Waals surface area contributed by atoms with Crippen molar-refractivity contribution in [3.63, 3.8) is 0 Å². The first kappa shape index (κ1) is 19.1. The lowest BCUT2D eigenvalue weighted by atomic mass is 10.0. The Hall–Kier alpha value is -1.24. The summed E-state index contributed by atoms with van der Waals surface area (Å²) in [5.74, 6) is 1.17. The third-order valence-electron chi connectivity index (χ3n) is 4.67. The molecule has 1 saturated carbocycles. The van der Waals surface area contributed by atoms with E-state index in [0.29, 0.717) is 25.9 Å². The van der Waals surface area contributed by atoms with E-state index in [1.165, 1.54) is 0 Å². The SMILES string of the molecule is CCC(=O)N[C@@H](CCSC)C(=O)N1CCC(NC(=O)C2CC2)CC1. The van der Waals surface area contributed by atoms with E-state index in [4.69, 9.17) is 0 Å². The number of nitrogens with one attached hydrogen (secondary N) is 2. The van der Waals surface area contributed by atoms with Crippen molar-refractivity contribution in [1.82, 2.24) is 15.5 Å². The molecule has 2 aliphatic rings. The van der Waals surface area contributed by atoms with Crippen LogP contribution in [0.5, 0.6) is 0 Å². The standard InChI is InChI=1S/C17H29N3O3S/c1-3-15(21)19-14(8-11-24-2)17(23)20-9-6-13(7-10-20)18-16(22)12-4-5-12/h12-14H,3-11H2,1-2H3,(H,18,22)(H,19,21)/t14-/m0/s1. The van der Waals surface area contributed by atoms with Crippen LogP contribution >= 0.6 is 11.8 Å². The van der Waals surface area contributed by atoms with Gasteiger partial charge in [-0.05, 0) is 44.1 Å². The minimum absolute atomic E-state index is 0.0119. The number of carbonyl (C=O) groups is 3. The molecule has 1 aliphatic heterocycles. The minimum Gasteiger partial charge on any atom is -0.353 e. The molecule has 0 radical (unpaired) electrons. The number of rotatable bonds is 8. The van der Waals surface area contributed by atoms with Crippen LogP contribution < -0.4 is 10.6 Å². The van der Waals surface area contributed by atoms with Crippen molar-refractivity contribution in [2.45, 2.75) is 57.5 Å². The second-order valence-corrected chi connectivity index (χ2v) is 7.62. The van der Waals surface area contributed by atoms with E-state index < -0.39 is 6.04 Å². The highest BCUT2D eigenvalue weighted by Crippen LogP contribution is 2.29. The van der Waals surface area contributed by atoms with E-state index in [2.05, 4.69) is 10.6 Å². The average Bonchev–Trinajstić information content (AvgIpc) is 3.43. The van der Waals surface area contributed by atoms with Gasteiger partial charge in [-0.3, -0.25) is 14.4 Å². The first-order chi connectivity index (χ1) is 11.5. The van der Waals surface area contributed by atoms with Crippen LogP contribution in [0.1, 0.15) is 45.4 Å². The number of amides is 3. The summed E-state index contributed by atoms with van der Waals surface area (Å²) < 4.78 is 0. The third kappa shape index (κ3) is 5.69. The lowest BCUT2D eigenvalue weighted by Crippen LogP contribution is -2.53. The highest BCUT2D eigenvalue weighted by Gasteiger charge is 2.33. The van der Waals surface area contributed by atoms with Crippen molar-refractivity contribution in [2.75, 3.05) is 25.1 Å². The van der Waals surface area contributed by atoms with Crippen LogP contribution in [0.4, 0.5) is 0 Å². The van der Waals surface area contributed by atoms with Gasteiger partial charge in [0.25, 0.3) is 0 Å². The minimum atomic E-state index is -0.428. The number of hydrogen-bond acceptors (Lipinski definition) is 4. The molecule has 0 aromatic rings. The number of piperidine rings is 1. The molecule has 0 aromatic heterocycles. The molecule has 3 amide bonds. The molecule has 6 nitrogen and oxygen atoms in total. The van der Waals surface area contributed by atoms with Crippen molar-refractivity contribution < 1.29 is 14.4 Å². The molecular formula is C17H29N3O3S. The van der Waals surface area contributed by atoms with Crippen LogP contribution in [-0.4, -0.2) is 59.8 Å². The first-order valence-electron chi connectivity index (χ1n) is 8.92. The highest BCUT2D eigenvalue weighted by molar-refractivity contribution is 7.98. The van der Waals surface area contributed by atoms with Gasteiger partial charge in [0.2, 0.25) is 17.7 Å². The molecule has 2 fully saturated rings. The van der Waals surface area contributed by atoms with Gasteiger partial charge < -0.3 is 15.5 Å². The summed E-state index contributed by atoms with van der Waals surface area (Å²) in [6.07, 6.45) is 6.65. The van der Waals surface area contributed by atoms with Gasteiger partial charge >= 0.3 is 0 Å². The molecule has 0 spiro atoms. The fraction of sp³-hybridized carbons (Fsp3) is 0.824. The molecule has 1 atom stereocenters. The van der Waals surface area contributed by atoms with Gasteiger partial charge in [-0.15, -0.1) is 0 Å². The number of carbonyl (C=O) groups excluding carboxylic acids is 3. The topological polar surface area (TPSA) is 78.5 Å². The summed E-state index contributed by atoms with van der Waals surface area (Å²) in [6, 6.07) is -0.250. The molecule has 1 heterocycles. The smallest absolute Gasteiger partial charge is 0.245 e. The largest absolute Gasteiger partial charge is 0.353 e. The van der Waals surface area contributed by atoms with Crippen molar-refractivity contribution in [1.29, 1.82) is 0 Å². The van der Waals surface area contributed by atoms with E-state index in [0.717, 1.165) is 31.4 Å². The van der Waals surface area contributed by atoms with Gasteiger partial charge in [-0.25, -0.2) is 0 Å².